The Hall–Kier alpha value is -9.77. The van der Waals surface area contributed by atoms with Crippen LogP contribution < -0.4 is 36.0 Å². The first-order valence-corrected chi connectivity index (χ1v) is 45.6. The van der Waals surface area contributed by atoms with Gasteiger partial charge >= 0.3 is 30.0 Å². The lowest BCUT2D eigenvalue weighted by Gasteiger charge is -2.45. The third-order valence-corrected chi connectivity index (χ3v) is 26.0. The monoisotopic (exact) mass is 2040 g/mol. The highest BCUT2D eigenvalue weighted by Crippen LogP contribution is 2.58. The molecule has 31 heteroatoms. The Morgan fingerprint density at radius 3 is 1.22 bits per heavy atom. The van der Waals surface area contributed by atoms with E-state index in [9.17, 15) is 43.8 Å². The van der Waals surface area contributed by atoms with Crippen LogP contribution >= 0.6 is 131 Å². The number of methoxy groups -OCH3 is 1. The quantitative estimate of drug-likeness (QED) is 0.0156. The number of carboxylic acids is 2. The highest BCUT2D eigenvalue weighted by Gasteiger charge is 2.69. The Kier molecular flexibility index (Phi) is 36.0. The molecule has 5 amide bonds. The van der Waals surface area contributed by atoms with E-state index in [0.29, 0.717) is 132 Å². The highest BCUT2D eigenvalue weighted by atomic mass is 127. The number of imide groups is 1. The van der Waals surface area contributed by atoms with Gasteiger partial charge in [-0.2, -0.15) is 4.99 Å². The van der Waals surface area contributed by atoms with E-state index in [1.54, 1.807) is 168 Å². The molecular formula is C96H90BrCl8IN10O11. The number of nitrogens with one attached hydrogen (secondary N) is 2. The topological polar surface area (TPSA) is 274 Å². The van der Waals surface area contributed by atoms with Gasteiger partial charge in [-0.1, -0.05) is 209 Å². The Balaban J connectivity index is 0.000000160. The molecule has 127 heavy (non-hydrogen) atoms. The van der Waals surface area contributed by atoms with Crippen LogP contribution in [0.4, 0.5) is 60.8 Å². The predicted octanol–water partition coefficient (Wildman–Crippen LogP) is 27.4. The van der Waals surface area contributed by atoms with Crippen molar-refractivity contribution in [3.63, 3.8) is 0 Å². The summed E-state index contributed by atoms with van der Waals surface area (Å²) in [7, 11) is 1.44. The number of anilines is 6. The van der Waals surface area contributed by atoms with E-state index < -0.39 is 45.4 Å². The van der Waals surface area contributed by atoms with Crippen molar-refractivity contribution in [2.24, 2.45) is 10.7 Å². The first-order chi connectivity index (χ1) is 60.8. The molecule has 2 spiro atoms. The van der Waals surface area contributed by atoms with E-state index in [0.717, 1.165) is 97.9 Å². The fraction of sp³-hybridized carbons (Fsp3) is 0.281. The van der Waals surface area contributed by atoms with Crippen LogP contribution in [-0.2, 0) is 34.4 Å². The van der Waals surface area contributed by atoms with Crippen molar-refractivity contribution in [1.82, 2.24) is 0 Å². The molecule has 5 aliphatic carbocycles. The molecule has 21 nitrogen and oxygen atoms in total. The van der Waals surface area contributed by atoms with Gasteiger partial charge in [-0.15, -0.1) is 0 Å². The third kappa shape index (κ3) is 24.8. The zero-order valence-electron chi connectivity index (χ0n) is 68.8. The number of aliphatic imine (C=N–C) groups is 1. The van der Waals surface area contributed by atoms with Crippen molar-refractivity contribution >= 4 is 224 Å². The number of nitrogens with two attached hydrogens (primary N) is 1. The summed E-state index contributed by atoms with van der Waals surface area (Å²) in [4.78, 5) is 100. The lowest BCUT2D eigenvalue weighted by molar-refractivity contribution is -0.146. The standard InChI is InChI=1S/C26H21Cl2N3O2.C19H16Cl2N2O2.C13H16ClNO2.C12H14ClNO2.C7H4BrN.C7H4ClNO.C6H4ClI.C6H11NO2/c1-29-21-6-4-5-18(17-21)26(33)25(15-2-3-16-25)30(22-11-7-19(27)8-12-22)24(32)31(26)23-13-9-20(28)10-14-23;20-13-3-7-15(8-4-13)22-17(24)19(11-1-2-12-19)23(18(22)25)16-9-5-14(21)6-10-16;1-17-12(16)13(8-2-3-9-13)15-11-6-4-10(14)5-7-11;13-9-3-5-10(6-4-9)14-12(11(15)16)7-1-2-8-12;1-9-7-4-2-3-6(8)5-7;8-6-1-3-7(4-2-6)9-5-10;7-5-1-3-6(8)4-2-5;7-6(5(8)9)3-1-2-4-6/h4-14,17,33H,2-3,15-16H2;3-10H,1-2,11-12H2;4-7,15H,2-3,8-9H2,1H3;3-6,14H,1-2,7-8H2,(H,15,16);2-5H;1-4H;1-4H;1-4,7H2,(H,8,9). The number of hydrogen-bond acceptors (Lipinski definition) is 13. The summed E-state index contributed by atoms with van der Waals surface area (Å²) in [6, 6.07) is 70.2. The largest absolute Gasteiger partial charge is 0.480 e. The van der Waals surface area contributed by atoms with Crippen LogP contribution in [0.2, 0.25) is 40.2 Å². The molecule has 17 rings (SSSR count). The number of nitrogens with zero attached hydrogens (tertiary/aromatic N) is 7. The maximum absolute atomic E-state index is 14.1. The number of carbonyl (C=O) groups is 6. The highest BCUT2D eigenvalue weighted by molar-refractivity contribution is 14.1. The van der Waals surface area contributed by atoms with Crippen molar-refractivity contribution in [3.8, 4) is 0 Å². The fourth-order valence-corrected chi connectivity index (χ4v) is 18.2. The number of benzene rings is 10. The molecular weight excluding hydrogens is 1960 g/mol. The summed E-state index contributed by atoms with van der Waals surface area (Å²) in [5.74, 6) is -1.95. The number of carboxylic acid groups (broad SMARTS) is 2. The number of ether oxygens (including phenoxy) is 1. The van der Waals surface area contributed by atoms with Crippen LogP contribution in [0.5, 0.6) is 0 Å². The molecule has 0 radical (unpaired) electrons. The summed E-state index contributed by atoms with van der Waals surface area (Å²) in [6.45, 7) is 14.1. The molecule has 0 aromatic heterocycles. The van der Waals surface area contributed by atoms with Crippen LogP contribution in [0.15, 0.2) is 252 Å². The van der Waals surface area contributed by atoms with Gasteiger partial charge in [0, 0.05) is 76.7 Å². The molecule has 5 saturated carbocycles. The Morgan fingerprint density at radius 1 is 0.465 bits per heavy atom. The van der Waals surface area contributed by atoms with Crippen LogP contribution in [-0.4, -0.2) is 92.1 Å². The second kappa shape index (κ2) is 46.0. The number of esters is 1. The number of urea groups is 2. The first-order valence-electron chi connectivity index (χ1n) is 40.7. The van der Waals surface area contributed by atoms with Crippen LogP contribution in [0.25, 0.3) is 9.69 Å². The number of carbonyl (C=O) groups excluding carboxylic acids is 5. The molecule has 7 aliphatic rings. The van der Waals surface area contributed by atoms with E-state index in [1.165, 1.54) is 26.6 Å². The van der Waals surface area contributed by atoms with Gasteiger partial charge in [0.05, 0.1) is 31.6 Å². The number of hydrogen-bond donors (Lipinski definition) is 6. The Morgan fingerprint density at radius 2 is 0.827 bits per heavy atom. The average molecular weight is 2050 g/mol. The first kappa shape index (κ1) is 99.4. The smallest absolute Gasteiger partial charge is 0.336 e. The van der Waals surface area contributed by atoms with Gasteiger partial charge in [0.25, 0.3) is 5.91 Å². The maximum atomic E-state index is 14.1. The number of isocyanates is 1. The molecule has 1 atom stereocenters. The van der Waals surface area contributed by atoms with Crippen molar-refractivity contribution in [1.29, 1.82) is 0 Å². The number of halogens is 10. The lowest BCUT2D eigenvalue weighted by atomic mass is 9.79. The van der Waals surface area contributed by atoms with Crippen molar-refractivity contribution < 1.29 is 53.6 Å². The summed E-state index contributed by atoms with van der Waals surface area (Å²) < 4.78 is 7.08. The van der Waals surface area contributed by atoms with Crippen LogP contribution in [0.3, 0.4) is 0 Å². The summed E-state index contributed by atoms with van der Waals surface area (Å²) >= 11 is 52.5. The minimum Gasteiger partial charge on any atom is -0.480 e. The summed E-state index contributed by atoms with van der Waals surface area (Å²) in [5.41, 5.74) is 6.17. The minimum absolute atomic E-state index is 0.160. The second-order valence-corrected chi connectivity index (χ2v) is 36.6. The van der Waals surface area contributed by atoms with Gasteiger partial charge in [-0.3, -0.25) is 24.3 Å². The molecule has 7 fully saturated rings. The number of aliphatic carboxylic acids is 2. The zero-order valence-corrected chi connectivity index (χ0v) is 78.6. The Labute approximate surface area is 800 Å². The zero-order chi connectivity index (χ0) is 91.7. The SMILES string of the molecule is COC(=O)C1(Nc2ccc(Cl)cc2)CCCC1.Clc1ccc(I)cc1.NC1(C(=O)O)CCCC1.O=C(O)C1(Nc2ccc(Cl)cc2)CCCC1.O=C1N(c2ccc(Cl)cc2)C(=O)C2(CCCC2)N1c1ccc(Cl)cc1.O=C=Nc1ccc(Cl)cc1.[C-]#[N+]c1cccc(Br)c1.[C-]#[N+]c1cccc(C2(O)N(c3ccc(Cl)cc3)C(=O)N(c3ccc(Cl)cc3)C23CCCC3)c1. The normalized spacial score (nSPS) is 17.6. The number of aliphatic hydroxyl groups is 1. The van der Waals surface area contributed by atoms with Gasteiger partial charge in [-0.25, -0.2) is 38.6 Å². The van der Waals surface area contributed by atoms with Gasteiger partial charge in [0.2, 0.25) is 6.08 Å². The molecule has 0 bridgehead atoms. The summed E-state index contributed by atoms with van der Waals surface area (Å²) in [6.07, 6.45) is 17.9. The molecule has 2 saturated heterocycles. The number of rotatable bonds is 13. The Bertz CT molecular complexity index is 5550. The predicted molar refractivity (Wildman–Crippen MR) is 520 cm³/mol. The second-order valence-electron chi connectivity index (χ2n) is 30.9. The molecule has 660 valence electrons. The third-order valence-electron chi connectivity index (χ3n) is 22.8. The van der Waals surface area contributed by atoms with Crippen molar-refractivity contribution in [2.45, 2.75) is 162 Å². The van der Waals surface area contributed by atoms with Crippen molar-refractivity contribution in [2.75, 3.05) is 37.3 Å². The molecule has 2 aliphatic heterocycles. The average Bonchev–Trinajstić information content (AvgIpc) is 1.52. The van der Waals surface area contributed by atoms with Gasteiger partial charge in [-0.05, 0) is 299 Å². The number of amides is 5. The molecule has 1 unspecified atom stereocenters. The van der Waals surface area contributed by atoms with E-state index in [2.05, 4.69) is 63.8 Å². The van der Waals surface area contributed by atoms with Crippen LogP contribution in [0, 0.1) is 16.7 Å². The molecule has 7 N–H and O–H groups in total. The summed E-state index contributed by atoms with van der Waals surface area (Å²) in [5, 5.41) is 42.0. The van der Waals surface area contributed by atoms with E-state index in [-0.39, 0.29) is 23.9 Å². The van der Waals surface area contributed by atoms with Gasteiger partial charge < -0.3 is 36.4 Å². The lowest BCUT2D eigenvalue weighted by Crippen LogP contribution is -2.58. The van der Waals surface area contributed by atoms with E-state index in [1.807, 2.05) is 84.9 Å². The maximum Gasteiger partial charge on any atom is 0.336 e. The fourth-order valence-electron chi connectivity index (χ4n) is 16.5. The van der Waals surface area contributed by atoms with E-state index >= 15 is 0 Å². The molecule has 10 aromatic rings. The van der Waals surface area contributed by atoms with E-state index in [4.69, 9.17) is 122 Å². The van der Waals surface area contributed by atoms with Gasteiger partial charge in [0.1, 0.15) is 27.7 Å². The van der Waals surface area contributed by atoms with Crippen molar-refractivity contribution in [3.05, 3.63) is 319 Å². The molecule has 2 heterocycles. The van der Waals surface area contributed by atoms with Crippen LogP contribution in [0.1, 0.15) is 134 Å². The molecule has 10 aromatic carbocycles. The minimum atomic E-state index is -1.70. The van der Waals surface area contributed by atoms with Gasteiger partial charge in [0.15, 0.2) is 17.1 Å².